The molecule has 2 N–H and O–H groups in total. The Balaban J connectivity index is 2.54. The Bertz CT molecular complexity index is 698. The highest BCUT2D eigenvalue weighted by Crippen LogP contribution is 2.23. The van der Waals surface area contributed by atoms with Crippen molar-refractivity contribution in [2.75, 3.05) is 0 Å². The van der Waals surface area contributed by atoms with Crippen LogP contribution in [-0.2, 0) is 6.42 Å². The van der Waals surface area contributed by atoms with Gasteiger partial charge in [-0.1, -0.05) is 13.8 Å². The van der Waals surface area contributed by atoms with Crippen LogP contribution in [0.2, 0.25) is 0 Å². The number of aromatic nitrogens is 2. The summed E-state index contributed by atoms with van der Waals surface area (Å²) in [6.07, 6.45) is 0.637. The van der Waals surface area contributed by atoms with Crippen LogP contribution in [0.4, 0.5) is 4.39 Å². The maximum Gasteiger partial charge on any atom is 0.265 e. The van der Waals surface area contributed by atoms with Gasteiger partial charge in [-0.25, -0.2) is 9.37 Å². The molecule has 0 unspecified atom stereocenters. The van der Waals surface area contributed by atoms with E-state index in [0.29, 0.717) is 28.1 Å². The minimum Gasteiger partial charge on any atom is -0.505 e. The molecule has 0 fully saturated rings. The van der Waals surface area contributed by atoms with E-state index in [-0.39, 0.29) is 11.4 Å². The van der Waals surface area contributed by atoms with Crippen LogP contribution in [0, 0.1) is 11.7 Å². The Morgan fingerprint density at radius 3 is 2.75 bits per heavy atom. The summed E-state index contributed by atoms with van der Waals surface area (Å²) in [5, 5.41) is 9.19. The lowest BCUT2D eigenvalue weighted by Gasteiger charge is -2.09. The molecule has 20 heavy (non-hydrogen) atoms. The number of nitrogens with zero attached hydrogens (tertiary/aromatic N) is 1. The number of rotatable bonds is 3. The largest absolute Gasteiger partial charge is 0.505 e. The van der Waals surface area contributed by atoms with Crippen molar-refractivity contribution in [2.45, 2.75) is 20.3 Å². The molecule has 2 rings (SSSR count). The van der Waals surface area contributed by atoms with Gasteiger partial charge in [-0.2, -0.15) is 0 Å². The fraction of sp³-hybridized carbons (Fsp3) is 0.286. The van der Waals surface area contributed by atoms with E-state index in [1.54, 1.807) is 0 Å². The molecule has 6 heteroatoms. The summed E-state index contributed by atoms with van der Waals surface area (Å²) in [7, 11) is 0. The molecular formula is C14H14BrFN2O2. The zero-order valence-corrected chi connectivity index (χ0v) is 12.7. The summed E-state index contributed by atoms with van der Waals surface area (Å²) in [6, 6.07) is 3.87. The molecule has 0 amide bonds. The normalized spacial score (nSPS) is 11.1. The van der Waals surface area contributed by atoms with Crippen molar-refractivity contribution >= 4 is 15.9 Å². The lowest BCUT2D eigenvalue weighted by atomic mass is 10.1. The number of benzene rings is 1. The van der Waals surface area contributed by atoms with Gasteiger partial charge in [0.05, 0.1) is 5.69 Å². The molecule has 1 aromatic heterocycles. The van der Waals surface area contributed by atoms with Gasteiger partial charge >= 0.3 is 0 Å². The Morgan fingerprint density at radius 1 is 1.45 bits per heavy atom. The Kier molecular flexibility index (Phi) is 4.23. The standard InChI is InChI=1S/C14H14BrFN2O2/c1-7(2)5-10-12(15)14(20)18-13(17-10)8-3-4-11(19)9(16)6-8/h3-4,6-7,19H,5H2,1-2H3,(H,17,18,20). The third-order valence-electron chi connectivity index (χ3n) is 2.75. The van der Waals surface area contributed by atoms with Crippen molar-refractivity contribution in [3.8, 4) is 17.1 Å². The molecule has 1 aromatic carbocycles. The van der Waals surface area contributed by atoms with Crippen LogP contribution < -0.4 is 5.56 Å². The van der Waals surface area contributed by atoms with E-state index in [2.05, 4.69) is 25.9 Å². The first-order valence-electron chi connectivity index (χ1n) is 6.16. The molecule has 0 atom stereocenters. The summed E-state index contributed by atoms with van der Waals surface area (Å²) < 4.78 is 13.8. The SMILES string of the molecule is CC(C)Cc1nc(-c2ccc(O)c(F)c2)[nH]c(=O)c1Br. The van der Waals surface area contributed by atoms with E-state index in [0.717, 1.165) is 6.07 Å². The third kappa shape index (κ3) is 3.07. The molecular weight excluding hydrogens is 327 g/mol. The van der Waals surface area contributed by atoms with Crippen molar-refractivity contribution in [1.82, 2.24) is 9.97 Å². The van der Waals surface area contributed by atoms with Crippen molar-refractivity contribution in [2.24, 2.45) is 5.92 Å². The molecule has 0 saturated heterocycles. The highest BCUT2D eigenvalue weighted by atomic mass is 79.9. The monoisotopic (exact) mass is 340 g/mol. The van der Waals surface area contributed by atoms with Crippen LogP contribution in [-0.4, -0.2) is 15.1 Å². The van der Waals surface area contributed by atoms with Crippen LogP contribution in [0.1, 0.15) is 19.5 Å². The van der Waals surface area contributed by atoms with E-state index >= 15 is 0 Å². The first kappa shape index (κ1) is 14.7. The fourth-order valence-electron chi connectivity index (χ4n) is 1.82. The highest BCUT2D eigenvalue weighted by molar-refractivity contribution is 9.10. The fourth-order valence-corrected chi connectivity index (χ4v) is 2.17. The van der Waals surface area contributed by atoms with E-state index in [1.165, 1.54) is 12.1 Å². The summed E-state index contributed by atoms with van der Waals surface area (Å²) >= 11 is 3.22. The van der Waals surface area contributed by atoms with Gasteiger partial charge in [-0.15, -0.1) is 0 Å². The lowest BCUT2D eigenvalue weighted by Crippen LogP contribution is -2.15. The molecule has 4 nitrogen and oxygen atoms in total. The van der Waals surface area contributed by atoms with Gasteiger partial charge in [0.1, 0.15) is 10.3 Å². The Hall–Kier alpha value is -1.69. The number of hydrogen-bond donors (Lipinski definition) is 2. The van der Waals surface area contributed by atoms with E-state index in [9.17, 15) is 14.3 Å². The van der Waals surface area contributed by atoms with Gasteiger partial charge in [0.25, 0.3) is 5.56 Å². The second-order valence-electron chi connectivity index (χ2n) is 4.94. The molecule has 0 radical (unpaired) electrons. The van der Waals surface area contributed by atoms with E-state index < -0.39 is 11.6 Å². The van der Waals surface area contributed by atoms with E-state index in [4.69, 9.17) is 0 Å². The molecule has 0 aliphatic heterocycles. The molecule has 0 aliphatic rings. The second-order valence-corrected chi connectivity index (χ2v) is 5.73. The smallest absolute Gasteiger partial charge is 0.265 e. The molecule has 0 bridgehead atoms. The third-order valence-corrected chi connectivity index (χ3v) is 3.57. The lowest BCUT2D eigenvalue weighted by molar-refractivity contribution is 0.432. The number of phenols is 1. The average molecular weight is 341 g/mol. The first-order chi connectivity index (χ1) is 9.38. The van der Waals surface area contributed by atoms with Crippen molar-refractivity contribution in [3.05, 3.63) is 44.5 Å². The van der Waals surface area contributed by atoms with Crippen LogP contribution in [0.5, 0.6) is 5.75 Å². The Morgan fingerprint density at radius 2 is 2.15 bits per heavy atom. The van der Waals surface area contributed by atoms with Gasteiger partial charge in [0, 0.05) is 5.56 Å². The molecule has 1 heterocycles. The number of H-pyrrole nitrogens is 1. The van der Waals surface area contributed by atoms with Gasteiger partial charge in [0.15, 0.2) is 11.6 Å². The predicted octanol–water partition coefficient (Wildman–Crippen LogP) is 3.24. The summed E-state index contributed by atoms with van der Waals surface area (Å²) in [6.45, 7) is 4.05. The van der Waals surface area contributed by atoms with E-state index in [1.807, 2.05) is 13.8 Å². The zero-order valence-electron chi connectivity index (χ0n) is 11.1. The number of hydrogen-bond acceptors (Lipinski definition) is 3. The summed E-state index contributed by atoms with van der Waals surface area (Å²) in [5.41, 5.74) is 0.737. The minimum atomic E-state index is -0.751. The van der Waals surface area contributed by atoms with Crippen molar-refractivity contribution in [1.29, 1.82) is 0 Å². The molecule has 0 aliphatic carbocycles. The Labute approximate surface area is 123 Å². The quantitative estimate of drug-likeness (QED) is 0.901. The number of halogens is 2. The number of nitrogens with one attached hydrogen (secondary N) is 1. The molecule has 2 aromatic rings. The van der Waals surface area contributed by atoms with Gasteiger partial charge < -0.3 is 10.1 Å². The zero-order chi connectivity index (χ0) is 14.9. The second kappa shape index (κ2) is 5.75. The molecule has 0 spiro atoms. The highest BCUT2D eigenvalue weighted by Gasteiger charge is 2.13. The predicted molar refractivity (Wildman–Crippen MR) is 78.2 cm³/mol. The van der Waals surface area contributed by atoms with Crippen LogP contribution >= 0.6 is 15.9 Å². The van der Waals surface area contributed by atoms with Crippen molar-refractivity contribution < 1.29 is 9.50 Å². The maximum atomic E-state index is 13.4. The van der Waals surface area contributed by atoms with Gasteiger partial charge in [-0.05, 0) is 46.5 Å². The number of phenolic OH excluding ortho intramolecular Hbond substituents is 1. The van der Waals surface area contributed by atoms with Crippen molar-refractivity contribution in [3.63, 3.8) is 0 Å². The average Bonchev–Trinajstić information content (AvgIpc) is 2.37. The summed E-state index contributed by atoms with van der Waals surface area (Å²) in [5.74, 6) is -0.563. The van der Waals surface area contributed by atoms with Crippen LogP contribution in [0.15, 0.2) is 27.5 Å². The van der Waals surface area contributed by atoms with Crippen LogP contribution in [0.3, 0.4) is 0 Å². The van der Waals surface area contributed by atoms with Gasteiger partial charge in [-0.3, -0.25) is 4.79 Å². The molecule has 106 valence electrons. The topological polar surface area (TPSA) is 66.0 Å². The number of aromatic amines is 1. The van der Waals surface area contributed by atoms with Crippen LogP contribution in [0.25, 0.3) is 11.4 Å². The van der Waals surface area contributed by atoms with Gasteiger partial charge in [0.2, 0.25) is 0 Å². The summed E-state index contributed by atoms with van der Waals surface area (Å²) in [4.78, 5) is 18.8. The number of aromatic hydroxyl groups is 1. The first-order valence-corrected chi connectivity index (χ1v) is 6.95. The molecule has 0 saturated carbocycles. The maximum absolute atomic E-state index is 13.4. The minimum absolute atomic E-state index is 0.285.